The van der Waals surface area contributed by atoms with Crippen LogP contribution in [0.4, 0.5) is 0 Å². The summed E-state index contributed by atoms with van der Waals surface area (Å²) in [6.07, 6.45) is 4.10. The molecule has 0 spiro atoms. The van der Waals surface area contributed by atoms with Crippen LogP contribution < -0.4 is 0 Å². The first-order chi connectivity index (χ1) is 4.85. The van der Waals surface area contributed by atoms with Crippen LogP contribution in [0.5, 0.6) is 0 Å². The molecule has 0 saturated heterocycles. The van der Waals surface area contributed by atoms with Crippen molar-refractivity contribution in [2.75, 3.05) is 14.2 Å². The molecule has 0 amide bonds. The van der Waals surface area contributed by atoms with Gasteiger partial charge in [-0.1, -0.05) is 6.92 Å². The van der Waals surface area contributed by atoms with E-state index in [4.69, 9.17) is 9.47 Å². The second-order valence-electron chi connectivity index (χ2n) is 1.62. The highest BCUT2D eigenvalue weighted by Crippen LogP contribution is 1.95. The highest BCUT2D eigenvalue weighted by atomic mass is 16.5. The van der Waals surface area contributed by atoms with Crippen molar-refractivity contribution in [1.82, 2.24) is 0 Å². The van der Waals surface area contributed by atoms with Gasteiger partial charge >= 0.3 is 0 Å². The van der Waals surface area contributed by atoms with Crippen molar-refractivity contribution in [1.29, 1.82) is 0 Å². The topological polar surface area (TPSA) is 30.8 Å². The summed E-state index contributed by atoms with van der Waals surface area (Å²) in [7, 11) is 3.11. The summed E-state index contributed by atoms with van der Waals surface area (Å²) < 4.78 is 9.52. The quantitative estimate of drug-likeness (QED) is 0.441. The molecule has 0 atom stereocenters. The molecule has 3 nitrogen and oxygen atoms in total. The van der Waals surface area contributed by atoms with E-state index in [1.807, 2.05) is 6.92 Å². The Morgan fingerprint density at radius 1 is 1.50 bits per heavy atom. The fraction of sp³-hybridized carbons (Fsp3) is 0.571. The number of ether oxygens (including phenoxy) is 2. The van der Waals surface area contributed by atoms with Crippen LogP contribution >= 0.6 is 0 Å². The first-order valence-corrected chi connectivity index (χ1v) is 3.14. The van der Waals surface area contributed by atoms with E-state index in [9.17, 15) is 0 Å². The fourth-order valence-corrected chi connectivity index (χ4v) is 0.413. The van der Waals surface area contributed by atoms with Crippen LogP contribution in [-0.4, -0.2) is 20.4 Å². The maximum Gasteiger partial charge on any atom is 0.248 e. The molecule has 0 bridgehead atoms. The minimum atomic E-state index is 0.490. The van der Waals surface area contributed by atoms with Gasteiger partial charge in [-0.15, -0.1) is 0 Å². The molecule has 10 heavy (non-hydrogen) atoms. The van der Waals surface area contributed by atoms with Crippen molar-refractivity contribution in [3.63, 3.8) is 0 Å². The second-order valence-corrected chi connectivity index (χ2v) is 1.62. The minimum absolute atomic E-state index is 0.490. The van der Waals surface area contributed by atoms with Crippen LogP contribution in [0.1, 0.15) is 13.3 Å². The first kappa shape index (κ1) is 9.01. The van der Waals surface area contributed by atoms with Crippen LogP contribution in [-0.2, 0) is 9.47 Å². The average Bonchev–Trinajstić information content (AvgIpc) is 1.98. The molecule has 0 unspecified atom stereocenters. The van der Waals surface area contributed by atoms with Crippen LogP contribution in [0.2, 0.25) is 0 Å². The summed E-state index contributed by atoms with van der Waals surface area (Å²) in [5, 5.41) is 0. The molecule has 0 aromatic rings. The number of rotatable bonds is 4. The highest BCUT2D eigenvalue weighted by molar-refractivity contribution is 5.57. The van der Waals surface area contributed by atoms with Gasteiger partial charge < -0.3 is 9.47 Å². The minimum Gasteiger partial charge on any atom is -0.499 e. The van der Waals surface area contributed by atoms with Crippen LogP contribution in [0.3, 0.4) is 0 Å². The molecule has 0 aliphatic carbocycles. The summed E-state index contributed by atoms with van der Waals surface area (Å²) in [5.41, 5.74) is 0. The molecule has 0 saturated carbocycles. The highest BCUT2D eigenvalue weighted by Gasteiger charge is 1.86. The van der Waals surface area contributed by atoms with Gasteiger partial charge in [0.2, 0.25) is 5.88 Å². The van der Waals surface area contributed by atoms with Crippen molar-refractivity contribution in [3.8, 4) is 0 Å². The lowest BCUT2D eigenvalue weighted by molar-refractivity contribution is 0.247. The van der Waals surface area contributed by atoms with E-state index >= 15 is 0 Å². The zero-order chi connectivity index (χ0) is 7.82. The van der Waals surface area contributed by atoms with Gasteiger partial charge in [-0.3, -0.25) is 0 Å². The lowest BCUT2D eigenvalue weighted by Crippen LogP contribution is -1.84. The summed E-state index contributed by atoms with van der Waals surface area (Å²) in [6.45, 7) is 2.00. The SMILES string of the molecule is CCC=N/C(=C\OC)OC. The van der Waals surface area contributed by atoms with E-state index in [1.165, 1.54) is 6.26 Å². The Morgan fingerprint density at radius 2 is 2.20 bits per heavy atom. The van der Waals surface area contributed by atoms with Crippen molar-refractivity contribution in [2.24, 2.45) is 4.99 Å². The van der Waals surface area contributed by atoms with Gasteiger partial charge in [0, 0.05) is 6.21 Å². The van der Waals surface area contributed by atoms with Gasteiger partial charge in [-0.25, -0.2) is 4.99 Å². The summed E-state index contributed by atoms with van der Waals surface area (Å²) >= 11 is 0. The van der Waals surface area contributed by atoms with Crippen molar-refractivity contribution >= 4 is 6.21 Å². The number of methoxy groups -OCH3 is 2. The number of hydrogen-bond donors (Lipinski definition) is 0. The summed E-state index contributed by atoms with van der Waals surface area (Å²) in [6, 6.07) is 0. The molecular formula is C7H13NO2. The Labute approximate surface area is 61.4 Å². The first-order valence-electron chi connectivity index (χ1n) is 3.14. The molecule has 0 rings (SSSR count). The van der Waals surface area contributed by atoms with Gasteiger partial charge in [0.25, 0.3) is 0 Å². The molecule has 0 aliphatic heterocycles. The van der Waals surface area contributed by atoms with E-state index < -0.39 is 0 Å². The lowest BCUT2D eigenvalue weighted by Gasteiger charge is -1.96. The molecule has 0 N–H and O–H groups in total. The van der Waals surface area contributed by atoms with E-state index in [2.05, 4.69) is 4.99 Å². The predicted octanol–water partition coefficient (Wildman–Crippen LogP) is 1.56. The van der Waals surface area contributed by atoms with Gasteiger partial charge in [0.1, 0.15) is 6.26 Å². The number of aliphatic imine (C=N–C) groups is 1. The molecule has 0 radical (unpaired) electrons. The van der Waals surface area contributed by atoms with Crippen LogP contribution in [0, 0.1) is 0 Å². The smallest absolute Gasteiger partial charge is 0.248 e. The maximum atomic E-state index is 4.83. The largest absolute Gasteiger partial charge is 0.499 e. The zero-order valence-electron chi connectivity index (χ0n) is 6.63. The zero-order valence-corrected chi connectivity index (χ0v) is 6.63. The Bertz CT molecular complexity index is 130. The second kappa shape index (κ2) is 6.13. The van der Waals surface area contributed by atoms with E-state index in [0.717, 1.165) is 6.42 Å². The van der Waals surface area contributed by atoms with E-state index in [0.29, 0.717) is 5.88 Å². The molecule has 3 heteroatoms. The molecular weight excluding hydrogens is 130 g/mol. The molecule has 0 aromatic carbocycles. The predicted molar refractivity (Wildman–Crippen MR) is 40.9 cm³/mol. The Morgan fingerprint density at radius 3 is 2.60 bits per heavy atom. The standard InChI is InChI=1S/C7H13NO2/c1-4-5-8-7(10-3)6-9-2/h5-6H,4H2,1-3H3/b7-6+,8-5?. The summed E-state index contributed by atoms with van der Waals surface area (Å²) in [5.74, 6) is 0.490. The van der Waals surface area contributed by atoms with E-state index in [1.54, 1.807) is 20.4 Å². The van der Waals surface area contributed by atoms with Crippen molar-refractivity contribution in [3.05, 3.63) is 12.1 Å². The van der Waals surface area contributed by atoms with Gasteiger partial charge in [0.05, 0.1) is 14.2 Å². The molecule has 58 valence electrons. The number of hydrogen-bond acceptors (Lipinski definition) is 3. The van der Waals surface area contributed by atoms with Gasteiger partial charge in [0.15, 0.2) is 0 Å². The monoisotopic (exact) mass is 143 g/mol. The lowest BCUT2D eigenvalue weighted by atomic mass is 10.5. The molecule has 0 fully saturated rings. The van der Waals surface area contributed by atoms with E-state index in [-0.39, 0.29) is 0 Å². The molecule has 0 aliphatic rings. The Balaban J connectivity index is 3.82. The van der Waals surface area contributed by atoms with Crippen molar-refractivity contribution < 1.29 is 9.47 Å². The maximum absolute atomic E-state index is 4.83. The van der Waals surface area contributed by atoms with Gasteiger partial charge in [-0.05, 0) is 6.42 Å². The number of nitrogens with zero attached hydrogens (tertiary/aromatic N) is 1. The third-order valence-electron chi connectivity index (χ3n) is 0.829. The third kappa shape index (κ3) is 3.95. The molecule has 0 aromatic heterocycles. The Hall–Kier alpha value is -0.990. The average molecular weight is 143 g/mol. The van der Waals surface area contributed by atoms with Crippen molar-refractivity contribution in [2.45, 2.75) is 13.3 Å². The fourth-order valence-electron chi connectivity index (χ4n) is 0.413. The van der Waals surface area contributed by atoms with Crippen LogP contribution in [0.25, 0.3) is 0 Å². The molecule has 0 heterocycles. The normalized spacial score (nSPS) is 12.1. The Kier molecular flexibility index (Phi) is 5.53. The van der Waals surface area contributed by atoms with Gasteiger partial charge in [-0.2, -0.15) is 0 Å². The third-order valence-corrected chi connectivity index (χ3v) is 0.829. The summed E-state index contributed by atoms with van der Waals surface area (Å²) in [4.78, 5) is 3.94. The van der Waals surface area contributed by atoms with Crippen LogP contribution in [0.15, 0.2) is 17.1 Å².